The van der Waals surface area contributed by atoms with Crippen LogP contribution in [0.4, 0.5) is 17.1 Å². The number of allylic oxidation sites excluding steroid dienone is 5. The smallest absolute Gasteiger partial charge is 0.0991 e. The molecule has 0 bridgehead atoms. The summed E-state index contributed by atoms with van der Waals surface area (Å²) in [6.45, 7) is 10.0. The largest absolute Gasteiger partial charge is 0.310 e. The number of aryl methyl sites for hydroxylation is 2. The van der Waals surface area contributed by atoms with Crippen LogP contribution in [0.15, 0.2) is 146 Å². The van der Waals surface area contributed by atoms with E-state index < -0.39 is 0 Å². The first-order valence-electron chi connectivity index (χ1n) is 13.4. The predicted octanol–water partition coefficient (Wildman–Crippen LogP) is 10.6. The Bertz CT molecular complexity index is 1690. The first-order chi connectivity index (χ1) is 19.5. The molecule has 2 heteroatoms. The van der Waals surface area contributed by atoms with E-state index in [0.717, 1.165) is 33.6 Å². The Morgan fingerprint density at radius 3 is 2.17 bits per heavy atom. The van der Waals surface area contributed by atoms with Gasteiger partial charge in [0.1, 0.15) is 0 Å². The van der Waals surface area contributed by atoms with E-state index in [1.807, 2.05) is 44.2 Å². The molecule has 0 atom stereocenters. The Morgan fingerprint density at radius 1 is 0.750 bits per heavy atom. The minimum atomic E-state index is 0.731. The molecule has 40 heavy (non-hydrogen) atoms. The highest BCUT2D eigenvalue weighted by atomic mass is 15.1. The van der Waals surface area contributed by atoms with Gasteiger partial charge >= 0.3 is 0 Å². The fourth-order valence-corrected chi connectivity index (χ4v) is 4.62. The molecule has 2 nitrogen and oxygen atoms in total. The van der Waals surface area contributed by atoms with Crippen molar-refractivity contribution in [3.63, 3.8) is 0 Å². The normalized spacial score (nSPS) is 11.0. The van der Waals surface area contributed by atoms with Crippen molar-refractivity contribution >= 4 is 33.4 Å². The molecule has 0 aliphatic heterocycles. The van der Waals surface area contributed by atoms with Gasteiger partial charge in [-0.25, -0.2) is 0 Å². The van der Waals surface area contributed by atoms with Crippen molar-refractivity contribution in [2.24, 2.45) is 0 Å². The van der Waals surface area contributed by atoms with Gasteiger partial charge in [-0.3, -0.25) is 0 Å². The van der Waals surface area contributed by atoms with E-state index in [1.165, 1.54) is 22.0 Å². The Kier molecular flexibility index (Phi) is 9.48. The molecule has 5 aromatic rings. The van der Waals surface area contributed by atoms with E-state index >= 15 is 0 Å². The summed E-state index contributed by atoms with van der Waals surface area (Å²) in [4.78, 5) is 2.34. The number of hydrogen-bond donors (Lipinski definition) is 0. The van der Waals surface area contributed by atoms with Gasteiger partial charge in [0.15, 0.2) is 0 Å². The summed E-state index contributed by atoms with van der Waals surface area (Å²) in [5, 5.41) is 10.9. The van der Waals surface area contributed by atoms with Crippen molar-refractivity contribution in [3.05, 3.63) is 168 Å². The minimum Gasteiger partial charge on any atom is -0.310 e. The molecule has 0 fully saturated rings. The molecule has 0 saturated heterocycles. The van der Waals surface area contributed by atoms with Gasteiger partial charge in [-0.15, -0.1) is 0 Å². The van der Waals surface area contributed by atoms with Gasteiger partial charge in [0.2, 0.25) is 0 Å². The fourth-order valence-electron chi connectivity index (χ4n) is 4.62. The van der Waals surface area contributed by atoms with Gasteiger partial charge in [-0.2, -0.15) is 5.26 Å². The van der Waals surface area contributed by atoms with E-state index in [-0.39, 0.29) is 0 Å². The number of anilines is 3. The highest BCUT2D eigenvalue weighted by Gasteiger charge is 2.15. The maximum absolute atomic E-state index is 8.41. The number of rotatable bonds is 6. The van der Waals surface area contributed by atoms with Crippen LogP contribution >= 0.6 is 0 Å². The zero-order valence-electron chi connectivity index (χ0n) is 23.4. The molecule has 0 spiro atoms. The van der Waals surface area contributed by atoms with E-state index in [9.17, 15) is 0 Å². The third kappa shape index (κ3) is 6.84. The molecule has 0 amide bonds. The van der Waals surface area contributed by atoms with Crippen LogP contribution in [0.2, 0.25) is 0 Å². The number of benzene rings is 5. The van der Waals surface area contributed by atoms with Crippen LogP contribution < -0.4 is 4.90 Å². The lowest BCUT2D eigenvalue weighted by Crippen LogP contribution is -2.10. The zero-order chi connectivity index (χ0) is 28.3. The summed E-state index contributed by atoms with van der Waals surface area (Å²) in [7, 11) is 0. The third-order valence-corrected chi connectivity index (χ3v) is 6.53. The molecule has 0 unspecified atom stereocenters. The standard InChI is InChI=1S/C30H27N.C8H7N/c1-4-10-24(11-5-2)26-14-8-15-28(22-26)31(27-20-18-23(3)19-21-27)30-17-9-13-25-12-6-7-16-29(25)30;1-7-3-2-4-8(5-7)6-9/h4-22H,1H2,2-3H3;2-5H,1H3/b11-5-,24-10+;. The van der Waals surface area contributed by atoms with Crippen molar-refractivity contribution in [2.45, 2.75) is 20.8 Å². The number of fused-ring (bicyclic) bond motifs is 1. The molecule has 5 rings (SSSR count). The van der Waals surface area contributed by atoms with Gasteiger partial charge in [0.05, 0.1) is 17.3 Å². The summed E-state index contributed by atoms with van der Waals surface area (Å²) in [5.74, 6) is 0. The van der Waals surface area contributed by atoms with E-state index in [4.69, 9.17) is 5.26 Å². The van der Waals surface area contributed by atoms with E-state index in [2.05, 4.69) is 128 Å². The topological polar surface area (TPSA) is 27.0 Å². The van der Waals surface area contributed by atoms with Gasteiger partial charge < -0.3 is 4.90 Å². The van der Waals surface area contributed by atoms with Gasteiger partial charge in [-0.05, 0) is 85.3 Å². The average Bonchev–Trinajstić information content (AvgIpc) is 2.99. The second kappa shape index (κ2) is 13.6. The van der Waals surface area contributed by atoms with Gasteiger partial charge in [-0.1, -0.05) is 109 Å². The Morgan fingerprint density at radius 2 is 1.48 bits per heavy atom. The molecule has 0 aromatic heterocycles. The lowest BCUT2D eigenvalue weighted by atomic mass is 10.0. The molecular weight excluding hydrogens is 484 g/mol. The van der Waals surface area contributed by atoms with E-state index in [0.29, 0.717) is 0 Å². The molecule has 0 N–H and O–H groups in total. The first kappa shape index (κ1) is 27.9. The summed E-state index contributed by atoms with van der Waals surface area (Å²) in [5.41, 5.74) is 8.84. The van der Waals surface area contributed by atoms with Crippen LogP contribution in [-0.2, 0) is 0 Å². The highest BCUT2D eigenvalue weighted by Crippen LogP contribution is 2.39. The molecule has 196 valence electrons. The van der Waals surface area contributed by atoms with Gasteiger partial charge in [0.25, 0.3) is 0 Å². The van der Waals surface area contributed by atoms with Crippen LogP contribution in [0.1, 0.15) is 29.2 Å². The maximum Gasteiger partial charge on any atom is 0.0991 e. The number of nitrogens with zero attached hydrogens (tertiary/aromatic N) is 2. The molecule has 0 heterocycles. The first-order valence-corrected chi connectivity index (χ1v) is 13.4. The molecule has 0 saturated carbocycles. The predicted molar refractivity (Wildman–Crippen MR) is 172 cm³/mol. The third-order valence-electron chi connectivity index (χ3n) is 6.53. The molecular formula is C38H34N2. The number of hydrogen-bond acceptors (Lipinski definition) is 2. The van der Waals surface area contributed by atoms with Crippen molar-refractivity contribution in [2.75, 3.05) is 4.90 Å². The number of nitriles is 1. The summed E-state index contributed by atoms with van der Waals surface area (Å²) in [6.07, 6.45) is 8.07. The van der Waals surface area contributed by atoms with Crippen LogP contribution in [-0.4, -0.2) is 0 Å². The Labute approximate surface area is 238 Å². The van der Waals surface area contributed by atoms with Crippen molar-refractivity contribution in [1.29, 1.82) is 5.26 Å². The summed E-state index contributed by atoms with van der Waals surface area (Å²) >= 11 is 0. The Hall–Kier alpha value is -5.13. The maximum atomic E-state index is 8.41. The van der Waals surface area contributed by atoms with E-state index in [1.54, 1.807) is 6.07 Å². The Balaban J connectivity index is 0.000000350. The minimum absolute atomic E-state index is 0.731. The molecule has 0 radical (unpaired) electrons. The fraction of sp³-hybridized carbons (Fsp3) is 0.0789. The van der Waals surface area contributed by atoms with Crippen molar-refractivity contribution < 1.29 is 0 Å². The summed E-state index contributed by atoms with van der Waals surface area (Å²) < 4.78 is 0. The lowest BCUT2D eigenvalue weighted by molar-refractivity contribution is 1.28. The van der Waals surface area contributed by atoms with Crippen molar-refractivity contribution in [3.8, 4) is 6.07 Å². The van der Waals surface area contributed by atoms with Crippen LogP contribution in [0.3, 0.4) is 0 Å². The zero-order valence-corrected chi connectivity index (χ0v) is 23.4. The SMILES string of the molecule is C=C/C=C(\C=C/C)c1cccc(N(c2ccc(C)cc2)c2cccc3ccccc23)c1.Cc1cccc(C#N)c1. The van der Waals surface area contributed by atoms with Crippen molar-refractivity contribution in [1.82, 2.24) is 0 Å². The van der Waals surface area contributed by atoms with Crippen LogP contribution in [0.25, 0.3) is 16.3 Å². The second-order valence-corrected chi connectivity index (χ2v) is 9.56. The molecule has 0 aliphatic carbocycles. The monoisotopic (exact) mass is 518 g/mol. The van der Waals surface area contributed by atoms with Crippen LogP contribution in [0, 0.1) is 25.2 Å². The quantitative estimate of drug-likeness (QED) is 0.209. The van der Waals surface area contributed by atoms with Gasteiger partial charge in [0, 0.05) is 16.8 Å². The highest BCUT2D eigenvalue weighted by molar-refractivity contribution is 5.99. The summed E-state index contributed by atoms with van der Waals surface area (Å²) in [6, 6.07) is 42.0. The van der Waals surface area contributed by atoms with Crippen LogP contribution in [0.5, 0.6) is 0 Å². The molecule has 0 aliphatic rings. The average molecular weight is 519 g/mol. The molecule has 5 aromatic carbocycles. The second-order valence-electron chi connectivity index (χ2n) is 9.56. The lowest BCUT2D eigenvalue weighted by Gasteiger charge is -2.27.